The number of hydrogen-bond donors (Lipinski definition) is 0. The van der Waals surface area contributed by atoms with Gasteiger partial charge in [0.25, 0.3) is 0 Å². The van der Waals surface area contributed by atoms with Gasteiger partial charge in [-0.3, -0.25) is 9.59 Å². The van der Waals surface area contributed by atoms with E-state index in [9.17, 15) is 9.59 Å². The molecule has 2 aromatic carbocycles. The fourth-order valence-corrected chi connectivity index (χ4v) is 2.41. The van der Waals surface area contributed by atoms with E-state index in [2.05, 4.69) is 0 Å². The third-order valence-electron chi connectivity index (χ3n) is 3.41. The zero-order valence-corrected chi connectivity index (χ0v) is 11.8. The molecule has 3 heteroatoms. The predicted molar refractivity (Wildman–Crippen MR) is 82.7 cm³/mol. The molecule has 0 atom stereocenters. The number of hydrogen-bond acceptors (Lipinski definition) is 3. The summed E-state index contributed by atoms with van der Waals surface area (Å²) in [7, 11) is 0. The molecule has 1 heterocycles. The van der Waals surface area contributed by atoms with Crippen molar-refractivity contribution in [2.75, 3.05) is 0 Å². The number of Topliss-reactive ketones (excluding diaryl/α,β-unsaturated/α-hetero) is 1. The number of aryl methyl sites for hydroxylation is 1. The summed E-state index contributed by atoms with van der Waals surface area (Å²) < 4.78 is 5.86. The molecule has 0 unspecified atom stereocenters. The average molecular weight is 278 g/mol. The number of ketones is 1. The van der Waals surface area contributed by atoms with E-state index in [1.165, 1.54) is 13.0 Å². The molecular weight excluding hydrogens is 264 g/mol. The highest BCUT2D eigenvalue weighted by molar-refractivity contribution is 6.05. The van der Waals surface area contributed by atoms with Crippen LogP contribution in [0.5, 0.6) is 0 Å². The van der Waals surface area contributed by atoms with Gasteiger partial charge in [0.15, 0.2) is 11.2 Å². The molecule has 104 valence electrons. The van der Waals surface area contributed by atoms with Gasteiger partial charge in [-0.2, -0.15) is 0 Å². The van der Waals surface area contributed by atoms with Crippen molar-refractivity contribution in [1.29, 1.82) is 0 Å². The van der Waals surface area contributed by atoms with Gasteiger partial charge in [0.1, 0.15) is 11.3 Å². The van der Waals surface area contributed by atoms with E-state index in [-0.39, 0.29) is 11.2 Å². The van der Waals surface area contributed by atoms with Gasteiger partial charge in [0, 0.05) is 11.6 Å². The lowest BCUT2D eigenvalue weighted by Crippen LogP contribution is -2.04. The Morgan fingerprint density at radius 3 is 2.43 bits per heavy atom. The quantitative estimate of drug-likeness (QED) is 0.666. The minimum atomic E-state index is -0.138. The van der Waals surface area contributed by atoms with Crippen LogP contribution in [0.25, 0.3) is 22.3 Å². The summed E-state index contributed by atoms with van der Waals surface area (Å²) in [5.74, 6) is 0.358. The third-order valence-corrected chi connectivity index (χ3v) is 3.41. The summed E-state index contributed by atoms with van der Waals surface area (Å²) in [6, 6.07) is 14.4. The molecule has 0 aliphatic carbocycles. The molecule has 0 aliphatic rings. The van der Waals surface area contributed by atoms with Gasteiger partial charge in [-0.05, 0) is 31.5 Å². The number of carbonyl (C=O) groups is 1. The first kappa shape index (κ1) is 13.3. The molecule has 3 rings (SSSR count). The fourth-order valence-electron chi connectivity index (χ4n) is 2.41. The van der Waals surface area contributed by atoms with Crippen molar-refractivity contribution in [3.8, 4) is 11.3 Å². The van der Waals surface area contributed by atoms with E-state index in [4.69, 9.17) is 4.42 Å². The molecule has 0 aliphatic heterocycles. The zero-order valence-electron chi connectivity index (χ0n) is 11.8. The van der Waals surface area contributed by atoms with Crippen molar-refractivity contribution >= 4 is 16.8 Å². The molecule has 0 spiro atoms. The maximum atomic E-state index is 12.3. The average Bonchev–Trinajstić information content (AvgIpc) is 2.48. The third kappa shape index (κ3) is 2.38. The zero-order chi connectivity index (χ0) is 15.0. The maximum absolute atomic E-state index is 12.3. The highest BCUT2D eigenvalue weighted by Crippen LogP contribution is 2.25. The lowest BCUT2D eigenvalue weighted by Gasteiger charge is -2.07. The maximum Gasteiger partial charge on any atom is 0.193 e. The molecule has 0 saturated heterocycles. The molecule has 0 radical (unpaired) electrons. The predicted octanol–water partition coefficient (Wildman–Crippen LogP) is 3.97. The van der Waals surface area contributed by atoms with Gasteiger partial charge in [0.2, 0.25) is 0 Å². The molecule has 0 fully saturated rings. The van der Waals surface area contributed by atoms with Gasteiger partial charge >= 0.3 is 0 Å². The summed E-state index contributed by atoms with van der Waals surface area (Å²) >= 11 is 0. The van der Waals surface area contributed by atoms with Crippen molar-refractivity contribution in [2.45, 2.75) is 13.8 Å². The van der Waals surface area contributed by atoms with Gasteiger partial charge in [-0.15, -0.1) is 0 Å². The monoisotopic (exact) mass is 278 g/mol. The Labute approximate surface area is 121 Å². The second-order valence-electron chi connectivity index (χ2n) is 5.09. The van der Waals surface area contributed by atoms with Gasteiger partial charge in [-0.1, -0.05) is 30.3 Å². The van der Waals surface area contributed by atoms with Gasteiger partial charge in [0.05, 0.1) is 10.9 Å². The SMILES string of the molecule is CC(=O)c1cc(C)cc2c(=O)cc(-c3ccccc3)oc12. The highest BCUT2D eigenvalue weighted by atomic mass is 16.3. The summed E-state index contributed by atoms with van der Waals surface area (Å²) in [6.07, 6.45) is 0. The van der Waals surface area contributed by atoms with E-state index in [1.54, 1.807) is 12.1 Å². The van der Waals surface area contributed by atoms with Gasteiger partial charge < -0.3 is 4.42 Å². The van der Waals surface area contributed by atoms with Crippen molar-refractivity contribution in [3.05, 3.63) is 69.9 Å². The van der Waals surface area contributed by atoms with Crippen molar-refractivity contribution < 1.29 is 9.21 Å². The van der Waals surface area contributed by atoms with E-state index in [0.717, 1.165) is 11.1 Å². The summed E-state index contributed by atoms with van der Waals surface area (Å²) in [5.41, 5.74) is 2.35. The molecule has 3 nitrogen and oxygen atoms in total. The van der Waals surface area contributed by atoms with Crippen LogP contribution in [0.2, 0.25) is 0 Å². The summed E-state index contributed by atoms with van der Waals surface area (Å²) in [5, 5.41) is 0.444. The molecule has 0 bridgehead atoms. The van der Waals surface area contributed by atoms with E-state index < -0.39 is 0 Å². The second-order valence-corrected chi connectivity index (χ2v) is 5.09. The van der Waals surface area contributed by atoms with E-state index in [1.807, 2.05) is 37.3 Å². The molecule has 3 aromatic rings. The van der Waals surface area contributed by atoms with Crippen LogP contribution in [-0.2, 0) is 0 Å². The van der Waals surface area contributed by atoms with E-state index >= 15 is 0 Å². The minimum Gasteiger partial charge on any atom is -0.455 e. The number of rotatable bonds is 2. The first-order valence-electron chi connectivity index (χ1n) is 6.71. The normalized spacial score (nSPS) is 10.8. The molecule has 0 N–H and O–H groups in total. The topological polar surface area (TPSA) is 47.3 Å². The lowest BCUT2D eigenvalue weighted by atomic mass is 10.0. The molecule has 0 amide bonds. The van der Waals surface area contributed by atoms with Crippen LogP contribution in [0.4, 0.5) is 0 Å². The largest absolute Gasteiger partial charge is 0.455 e. The first-order valence-corrected chi connectivity index (χ1v) is 6.71. The van der Waals surface area contributed by atoms with Crippen LogP contribution in [-0.4, -0.2) is 5.78 Å². The highest BCUT2D eigenvalue weighted by Gasteiger charge is 2.14. The second kappa shape index (κ2) is 5.02. The van der Waals surface area contributed by atoms with Crippen molar-refractivity contribution in [3.63, 3.8) is 0 Å². The van der Waals surface area contributed by atoms with Crippen LogP contribution < -0.4 is 5.43 Å². The number of carbonyl (C=O) groups excluding carboxylic acids is 1. The Bertz CT molecular complexity index is 889. The van der Waals surface area contributed by atoms with Crippen LogP contribution >= 0.6 is 0 Å². The number of benzene rings is 2. The van der Waals surface area contributed by atoms with Gasteiger partial charge in [-0.25, -0.2) is 0 Å². The molecule has 21 heavy (non-hydrogen) atoms. The Kier molecular flexibility index (Phi) is 3.18. The lowest BCUT2D eigenvalue weighted by molar-refractivity contribution is 0.101. The first-order chi connectivity index (χ1) is 10.1. The van der Waals surface area contributed by atoms with Crippen LogP contribution in [0.15, 0.2) is 57.7 Å². The van der Waals surface area contributed by atoms with Crippen LogP contribution in [0, 0.1) is 6.92 Å². The standard InChI is InChI=1S/C18H14O3/c1-11-8-14(12(2)19)18-15(9-11)16(20)10-17(21-18)13-6-4-3-5-7-13/h3-10H,1-2H3. The summed E-state index contributed by atoms with van der Waals surface area (Å²) in [6.45, 7) is 3.33. The molecule has 0 saturated carbocycles. The van der Waals surface area contributed by atoms with Crippen molar-refractivity contribution in [2.24, 2.45) is 0 Å². The molecule has 1 aromatic heterocycles. The Morgan fingerprint density at radius 1 is 1.05 bits per heavy atom. The van der Waals surface area contributed by atoms with Crippen molar-refractivity contribution in [1.82, 2.24) is 0 Å². The Morgan fingerprint density at radius 2 is 1.76 bits per heavy atom. The Balaban J connectivity index is 2.38. The van der Waals surface area contributed by atoms with E-state index in [0.29, 0.717) is 22.3 Å². The fraction of sp³-hybridized carbons (Fsp3) is 0.111. The van der Waals surface area contributed by atoms with Crippen LogP contribution in [0.3, 0.4) is 0 Å². The Hall–Kier alpha value is -2.68. The van der Waals surface area contributed by atoms with Crippen LogP contribution in [0.1, 0.15) is 22.8 Å². The smallest absolute Gasteiger partial charge is 0.193 e. The minimum absolute atomic E-state index is 0.114. The molecular formula is C18H14O3. The summed E-state index contributed by atoms with van der Waals surface area (Å²) in [4.78, 5) is 24.1. The number of fused-ring (bicyclic) bond motifs is 1.